The van der Waals surface area contributed by atoms with Gasteiger partial charge in [-0.3, -0.25) is 9.20 Å². The highest BCUT2D eigenvalue weighted by atomic mass is 32.2. The molecule has 0 saturated carbocycles. The van der Waals surface area contributed by atoms with E-state index >= 15 is 0 Å². The highest BCUT2D eigenvalue weighted by Crippen LogP contribution is 2.19. The van der Waals surface area contributed by atoms with Crippen molar-refractivity contribution in [3.8, 4) is 0 Å². The van der Waals surface area contributed by atoms with E-state index < -0.39 is 17.9 Å². The van der Waals surface area contributed by atoms with Crippen LogP contribution in [0.3, 0.4) is 0 Å². The zero-order valence-corrected chi connectivity index (χ0v) is 13.4. The van der Waals surface area contributed by atoms with Crippen LogP contribution in [0.25, 0.3) is 5.52 Å². The average Bonchev–Trinajstić information content (AvgIpc) is 2.92. The zero-order valence-electron chi connectivity index (χ0n) is 12.6. The van der Waals surface area contributed by atoms with Gasteiger partial charge in [0.05, 0.1) is 18.7 Å². The summed E-state index contributed by atoms with van der Waals surface area (Å²) >= 11 is 1.40. The second-order valence-electron chi connectivity index (χ2n) is 4.59. The van der Waals surface area contributed by atoms with Crippen LogP contribution in [-0.2, 0) is 9.53 Å². The summed E-state index contributed by atoms with van der Waals surface area (Å²) in [7, 11) is 0. The Bertz CT molecular complexity index is 729. The van der Waals surface area contributed by atoms with Gasteiger partial charge in [0.25, 0.3) is 5.91 Å². The van der Waals surface area contributed by atoms with Crippen LogP contribution in [0.1, 0.15) is 10.5 Å². The van der Waals surface area contributed by atoms with Crippen molar-refractivity contribution >= 4 is 29.2 Å². The van der Waals surface area contributed by atoms with E-state index in [0.717, 1.165) is 0 Å². The number of aliphatic carboxylic acids is 1. The van der Waals surface area contributed by atoms with Crippen LogP contribution in [0.4, 0.5) is 0 Å². The summed E-state index contributed by atoms with van der Waals surface area (Å²) in [5, 5.41) is 12.3. The number of carboxylic acid groups (broad SMARTS) is 1. The molecule has 0 aliphatic heterocycles. The third kappa shape index (κ3) is 3.91. The van der Waals surface area contributed by atoms with Crippen LogP contribution in [-0.4, -0.2) is 51.9 Å². The molecule has 23 heavy (non-hydrogen) atoms. The monoisotopic (exact) mass is 335 g/mol. The maximum atomic E-state index is 12.4. The number of fused-ring (bicyclic) bond motifs is 1. The minimum absolute atomic E-state index is 0.145. The van der Waals surface area contributed by atoms with Crippen LogP contribution in [0, 0.1) is 0 Å². The number of pyridine rings is 1. The van der Waals surface area contributed by atoms with Crippen molar-refractivity contribution in [3.63, 3.8) is 0 Å². The highest BCUT2D eigenvalue weighted by Gasteiger charge is 2.24. The number of carbonyl (C=O) groups is 2. The Labute approximate surface area is 137 Å². The van der Waals surface area contributed by atoms with E-state index in [0.29, 0.717) is 10.7 Å². The third-order valence-electron chi connectivity index (χ3n) is 3.04. The molecular formula is C15H17N3O4S. The number of nitrogens with one attached hydrogen (secondary N) is 1. The SMILES string of the molecule is C=CCOCC(NC(=O)c1nc(SC)n2ccccc12)C(=O)O. The summed E-state index contributed by atoms with van der Waals surface area (Å²) in [5.74, 6) is -1.72. The van der Waals surface area contributed by atoms with Crippen molar-refractivity contribution in [2.24, 2.45) is 0 Å². The summed E-state index contributed by atoms with van der Waals surface area (Å²) in [5.41, 5.74) is 0.801. The molecule has 1 amide bonds. The number of thioether (sulfide) groups is 1. The number of carboxylic acids is 1. The molecule has 0 aliphatic carbocycles. The van der Waals surface area contributed by atoms with Gasteiger partial charge in [-0.1, -0.05) is 23.9 Å². The number of carbonyl (C=O) groups excluding carboxylic acids is 1. The Morgan fingerprint density at radius 2 is 2.35 bits per heavy atom. The molecule has 0 radical (unpaired) electrons. The molecule has 0 bridgehead atoms. The minimum Gasteiger partial charge on any atom is -0.480 e. The Morgan fingerprint density at radius 3 is 3.00 bits per heavy atom. The molecule has 2 heterocycles. The van der Waals surface area contributed by atoms with Crippen molar-refractivity contribution in [2.75, 3.05) is 19.5 Å². The predicted octanol–water partition coefficient (Wildman–Crippen LogP) is 1.44. The van der Waals surface area contributed by atoms with E-state index in [4.69, 9.17) is 4.74 Å². The van der Waals surface area contributed by atoms with Gasteiger partial charge in [-0.05, 0) is 18.4 Å². The molecule has 1 unspecified atom stereocenters. The van der Waals surface area contributed by atoms with Gasteiger partial charge in [0.1, 0.15) is 0 Å². The standard InChI is InChI=1S/C15H17N3O4S/c1-3-8-22-9-10(14(20)21)16-13(19)12-11-6-4-5-7-18(11)15(17-12)23-2/h3-7,10H,1,8-9H2,2H3,(H,16,19)(H,20,21). The van der Waals surface area contributed by atoms with Gasteiger partial charge in [-0.25, -0.2) is 9.78 Å². The van der Waals surface area contributed by atoms with Gasteiger partial charge in [0.15, 0.2) is 16.9 Å². The topological polar surface area (TPSA) is 92.9 Å². The summed E-state index contributed by atoms with van der Waals surface area (Å²) < 4.78 is 6.89. The molecule has 7 nitrogen and oxygen atoms in total. The highest BCUT2D eigenvalue weighted by molar-refractivity contribution is 7.98. The van der Waals surface area contributed by atoms with Crippen LogP contribution >= 0.6 is 11.8 Å². The fourth-order valence-corrected chi connectivity index (χ4v) is 2.53. The lowest BCUT2D eigenvalue weighted by Gasteiger charge is -2.13. The molecule has 0 saturated heterocycles. The van der Waals surface area contributed by atoms with E-state index in [1.165, 1.54) is 17.8 Å². The van der Waals surface area contributed by atoms with E-state index in [2.05, 4.69) is 16.9 Å². The van der Waals surface area contributed by atoms with Crippen LogP contribution in [0.2, 0.25) is 0 Å². The molecule has 2 N–H and O–H groups in total. The van der Waals surface area contributed by atoms with Crippen molar-refractivity contribution < 1.29 is 19.4 Å². The largest absolute Gasteiger partial charge is 0.480 e. The maximum absolute atomic E-state index is 12.4. The maximum Gasteiger partial charge on any atom is 0.328 e. The molecule has 0 fully saturated rings. The molecular weight excluding hydrogens is 318 g/mol. The third-order valence-corrected chi connectivity index (χ3v) is 3.69. The van der Waals surface area contributed by atoms with Gasteiger partial charge in [-0.2, -0.15) is 0 Å². The second-order valence-corrected chi connectivity index (χ2v) is 5.37. The normalized spacial score (nSPS) is 12.0. The zero-order chi connectivity index (χ0) is 16.8. The molecule has 2 aromatic rings. The minimum atomic E-state index is -1.17. The van der Waals surface area contributed by atoms with E-state index in [9.17, 15) is 14.7 Å². The number of aromatic nitrogens is 2. The fraction of sp³-hybridized carbons (Fsp3) is 0.267. The van der Waals surface area contributed by atoms with Crippen LogP contribution in [0.15, 0.2) is 42.2 Å². The average molecular weight is 335 g/mol. The Morgan fingerprint density at radius 1 is 1.57 bits per heavy atom. The summed E-state index contributed by atoms with van der Waals surface area (Å²) in [4.78, 5) is 27.9. The van der Waals surface area contributed by atoms with E-state index in [1.54, 1.807) is 22.7 Å². The Kier molecular flexibility index (Phi) is 5.78. The molecule has 1 atom stereocenters. The molecule has 8 heteroatoms. The first-order valence-corrected chi connectivity index (χ1v) is 8.04. The molecule has 2 rings (SSSR count). The number of rotatable bonds is 8. The van der Waals surface area contributed by atoms with Crippen molar-refractivity contribution in [3.05, 3.63) is 42.7 Å². The fourth-order valence-electron chi connectivity index (χ4n) is 1.99. The predicted molar refractivity (Wildman–Crippen MR) is 86.9 cm³/mol. The number of nitrogens with zero attached hydrogens (tertiary/aromatic N) is 2. The number of amides is 1. The van der Waals surface area contributed by atoms with E-state index in [-0.39, 0.29) is 18.9 Å². The smallest absolute Gasteiger partial charge is 0.328 e. The number of imidazole rings is 1. The molecule has 0 aliphatic rings. The number of hydrogen-bond donors (Lipinski definition) is 2. The lowest BCUT2D eigenvalue weighted by molar-refractivity contribution is -0.140. The lowest BCUT2D eigenvalue weighted by Crippen LogP contribution is -2.44. The van der Waals surface area contributed by atoms with Gasteiger partial charge < -0.3 is 15.2 Å². The molecule has 0 aromatic carbocycles. The summed E-state index contributed by atoms with van der Waals surface area (Å²) in [6.45, 7) is 3.55. The van der Waals surface area contributed by atoms with E-state index in [1.807, 2.05) is 12.3 Å². The second kappa shape index (κ2) is 7.80. The van der Waals surface area contributed by atoms with Crippen LogP contribution in [0.5, 0.6) is 0 Å². The van der Waals surface area contributed by atoms with Crippen molar-refractivity contribution in [1.82, 2.24) is 14.7 Å². The quantitative estimate of drug-likeness (QED) is 0.431. The first-order valence-electron chi connectivity index (χ1n) is 6.81. The lowest BCUT2D eigenvalue weighted by atomic mass is 10.2. The first-order chi connectivity index (χ1) is 11.1. The molecule has 0 spiro atoms. The molecule has 122 valence electrons. The Balaban J connectivity index is 2.22. The van der Waals surface area contributed by atoms with Gasteiger partial charge >= 0.3 is 5.97 Å². The molecule has 2 aromatic heterocycles. The van der Waals surface area contributed by atoms with Gasteiger partial charge in [0.2, 0.25) is 0 Å². The number of hydrogen-bond acceptors (Lipinski definition) is 5. The summed E-state index contributed by atoms with van der Waals surface area (Å²) in [6.07, 6.45) is 5.16. The van der Waals surface area contributed by atoms with Crippen LogP contribution < -0.4 is 5.32 Å². The van der Waals surface area contributed by atoms with Crippen molar-refractivity contribution in [2.45, 2.75) is 11.2 Å². The summed E-state index contributed by atoms with van der Waals surface area (Å²) in [6, 6.07) is 4.23. The number of ether oxygens (including phenoxy) is 1. The Hall–Kier alpha value is -2.32. The van der Waals surface area contributed by atoms with Gasteiger partial charge in [0, 0.05) is 6.20 Å². The van der Waals surface area contributed by atoms with Crippen molar-refractivity contribution in [1.29, 1.82) is 0 Å². The van der Waals surface area contributed by atoms with Gasteiger partial charge in [-0.15, -0.1) is 6.58 Å². The first kappa shape index (κ1) is 17.0.